The molecule has 0 bridgehead atoms. The molecule has 0 spiro atoms. The van der Waals surface area contributed by atoms with E-state index in [9.17, 15) is 13.6 Å². The zero-order chi connectivity index (χ0) is 17.8. The van der Waals surface area contributed by atoms with Gasteiger partial charge in [0.05, 0.1) is 19.8 Å². The standard InChI is InChI=1S/C18H26F2O4/c1-3-4-5-16-6-8-17(9-7-16)24-13-12-22-10-11-23-14-18(19,20)15(2)21/h6-9H,3-5,10-14H2,1-2H3. The van der Waals surface area contributed by atoms with E-state index in [4.69, 9.17) is 14.2 Å². The molecule has 0 aliphatic rings. The zero-order valence-corrected chi connectivity index (χ0v) is 14.4. The molecule has 0 N–H and O–H groups in total. The first-order chi connectivity index (χ1) is 11.5. The number of Topliss-reactive ketones (excluding diaryl/α,β-unsaturated/α-hetero) is 1. The highest BCUT2D eigenvalue weighted by molar-refractivity contribution is 5.83. The number of unbranched alkanes of at least 4 members (excludes halogenated alkanes) is 1. The van der Waals surface area contributed by atoms with Crippen LogP contribution in [0.1, 0.15) is 32.3 Å². The van der Waals surface area contributed by atoms with Gasteiger partial charge in [0, 0.05) is 6.92 Å². The maximum absolute atomic E-state index is 12.9. The Hall–Kier alpha value is -1.53. The van der Waals surface area contributed by atoms with Crippen molar-refractivity contribution in [2.24, 2.45) is 0 Å². The molecule has 0 heterocycles. The summed E-state index contributed by atoms with van der Waals surface area (Å²) in [6, 6.07) is 7.96. The summed E-state index contributed by atoms with van der Waals surface area (Å²) in [4.78, 5) is 10.6. The van der Waals surface area contributed by atoms with E-state index in [1.807, 2.05) is 12.1 Å². The van der Waals surface area contributed by atoms with Gasteiger partial charge in [0.15, 0.2) is 0 Å². The van der Waals surface area contributed by atoms with Crippen LogP contribution >= 0.6 is 0 Å². The molecule has 4 nitrogen and oxygen atoms in total. The van der Waals surface area contributed by atoms with Crippen molar-refractivity contribution in [3.05, 3.63) is 29.8 Å². The Morgan fingerprint density at radius 3 is 2.29 bits per heavy atom. The fourth-order valence-corrected chi connectivity index (χ4v) is 1.87. The van der Waals surface area contributed by atoms with Crippen molar-refractivity contribution in [2.75, 3.05) is 33.0 Å². The number of aryl methyl sites for hydroxylation is 1. The largest absolute Gasteiger partial charge is 0.491 e. The van der Waals surface area contributed by atoms with Crippen LogP contribution in [0.4, 0.5) is 8.78 Å². The number of alkyl halides is 2. The van der Waals surface area contributed by atoms with E-state index in [1.54, 1.807) is 0 Å². The number of carbonyl (C=O) groups excluding carboxylic acids is 1. The average Bonchev–Trinajstić information content (AvgIpc) is 2.56. The molecule has 0 aliphatic heterocycles. The Bertz CT molecular complexity index is 474. The lowest BCUT2D eigenvalue weighted by atomic mass is 10.1. The first-order valence-corrected chi connectivity index (χ1v) is 8.22. The Labute approximate surface area is 142 Å². The minimum Gasteiger partial charge on any atom is -0.491 e. The number of hydrogen-bond donors (Lipinski definition) is 0. The Morgan fingerprint density at radius 2 is 1.67 bits per heavy atom. The van der Waals surface area contributed by atoms with Crippen molar-refractivity contribution in [1.82, 2.24) is 0 Å². The molecule has 1 rings (SSSR count). The van der Waals surface area contributed by atoms with Crippen molar-refractivity contribution in [2.45, 2.75) is 39.0 Å². The number of carbonyl (C=O) groups is 1. The quantitative estimate of drug-likeness (QED) is 0.512. The summed E-state index contributed by atoms with van der Waals surface area (Å²) >= 11 is 0. The van der Waals surface area contributed by atoms with Crippen LogP contribution < -0.4 is 4.74 Å². The molecule has 1 aromatic carbocycles. The first-order valence-electron chi connectivity index (χ1n) is 8.22. The van der Waals surface area contributed by atoms with Crippen LogP contribution in [0, 0.1) is 0 Å². The fraction of sp³-hybridized carbons (Fsp3) is 0.611. The maximum Gasteiger partial charge on any atom is 0.327 e. The number of halogens is 2. The van der Waals surface area contributed by atoms with Gasteiger partial charge in [0.25, 0.3) is 0 Å². The normalized spacial score (nSPS) is 11.5. The molecule has 0 fully saturated rings. The van der Waals surface area contributed by atoms with Crippen molar-refractivity contribution in [3.63, 3.8) is 0 Å². The van der Waals surface area contributed by atoms with Crippen molar-refractivity contribution in [3.8, 4) is 5.75 Å². The lowest BCUT2D eigenvalue weighted by Gasteiger charge is -2.13. The smallest absolute Gasteiger partial charge is 0.327 e. The summed E-state index contributed by atoms with van der Waals surface area (Å²) in [6.45, 7) is 2.99. The zero-order valence-electron chi connectivity index (χ0n) is 14.4. The average molecular weight is 344 g/mol. The van der Waals surface area contributed by atoms with E-state index in [0.717, 1.165) is 19.1 Å². The molecule has 136 valence electrons. The number of hydrogen-bond acceptors (Lipinski definition) is 4. The highest BCUT2D eigenvalue weighted by atomic mass is 19.3. The van der Waals surface area contributed by atoms with Crippen LogP contribution in [0.5, 0.6) is 5.75 Å². The van der Waals surface area contributed by atoms with Gasteiger partial charge in [0.2, 0.25) is 5.78 Å². The van der Waals surface area contributed by atoms with Crippen molar-refractivity contribution < 1.29 is 27.8 Å². The highest BCUT2D eigenvalue weighted by Gasteiger charge is 2.35. The summed E-state index contributed by atoms with van der Waals surface area (Å²) in [6.07, 6.45) is 3.42. The SMILES string of the molecule is CCCCc1ccc(OCCOCCOCC(F)(F)C(C)=O)cc1. The second-order valence-electron chi connectivity index (χ2n) is 5.52. The topological polar surface area (TPSA) is 44.8 Å². The number of ketones is 1. The third kappa shape index (κ3) is 8.36. The van der Waals surface area contributed by atoms with E-state index in [0.29, 0.717) is 13.2 Å². The monoisotopic (exact) mass is 344 g/mol. The van der Waals surface area contributed by atoms with Crippen molar-refractivity contribution in [1.29, 1.82) is 0 Å². The van der Waals surface area contributed by atoms with Crippen LogP contribution in [-0.4, -0.2) is 44.7 Å². The Morgan fingerprint density at radius 1 is 1.04 bits per heavy atom. The van der Waals surface area contributed by atoms with Crippen molar-refractivity contribution >= 4 is 5.78 Å². The molecule has 0 saturated carbocycles. The van der Waals surface area contributed by atoms with Gasteiger partial charge >= 0.3 is 5.92 Å². The minimum absolute atomic E-state index is 0.00892. The van der Waals surface area contributed by atoms with E-state index in [2.05, 4.69) is 19.1 Å². The van der Waals surface area contributed by atoms with Gasteiger partial charge in [-0.1, -0.05) is 25.5 Å². The predicted molar refractivity (Wildman–Crippen MR) is 87.8 cm³/mol. The summed E-state index contributed by atoms with van der Waals surface area (Å²) < 4.78 is 41.3. The summed E-state index contributed by atoms with van der Waals surface area (Å²) in [5, 5.41) is 0. The Balaban J connectivity index is 2.05. The van der Waals surface area contributed by atoms with Gasteiger partial charge in [-0.15, -0.1) is 0 Å². The fourth-order valence-electron chi connectivity index (χ4n) is 1.87. The molecule has 0 saturated heterocycles. The highest BCUT2D eigenvalue weighted by Crippen LogP contribution is 2.15. The van der Waals surface area contributed by atoms with Crippen LogP contribution in [0.2, 0.25) is 0 Å². The molecular formula is C18H26F2O4. The maximum atomic E-state index is 12.9. The molecule has 0 amide bonds. The summed E-state index contributed by atoms with van der Waals surface area (Å²) in [7, 11) is 0. The second-order valence-corrected chi connectivity index (χ2v) is 5.52. The number of rotatable bonds is 13. The molecule has 1 aromatic rings. The van der Waals surface area contributed by atoms with Gasteiger partial charge in [-0.2, -0.15) is 8.78 Å². The predicted octanol–water partition coefficient (Wildman–Crippen LogP) is 3.67. The molecule has 0 aliphatic carbocycles. The molecule has 6 heteroatoms. The van der Waals surface area contributed by atoms with E-state index < -0.39 is 18.3 Å². The molecule has 0 atom stereocenters. The van der Waals surface area contributed by atoms with Gasteiger partial charge < -0.3 is 14.2 Å². The minimum atomic E-state index is -3.42. The third-order valence-electron chi connectivity index (χ3n) is 3.41. The lowest BCUT2D eigenvalue weighted by Crippen LogP contribution is -2.32. The van der Waals surface area contributed by atoms with E-state index >= 15 is 0 Å². The van der Waals surface area contributed by atoms with Crippen LogP contribution in [-0.2, 0) is 20.7 Å². The summed E-state index contributed by atoms with van der Waals surface area (Å²) in [5.74, 6) is -3.85. The van der Waals surface area contributed by atoms with Gasteiger partial charge in [-0.25, -0.2) is 0 Å². The molecular weight excluding hydrogens is 318 g/mol. The van der Waals surface area contributed by atoms with E-state index in [-0.39, 0.29) is 13.2 Å². The van der Waals surface area contributed by atoms with Crippen LogP contribution in [0.15, 0.2) is 24.3 Å². The summed E-state index contributed by atoms with van der Waals surface area (Å²) in [5.41, 5.74) is 1.29. The Kier molecular flexibility index (Phi) is 9.49. The third-order valence-corrected chi connectivity index (χ3v) is 3.41. The lowest BCUT2D eigenvalue weighted by molar-refractivity contribution is -0.150. The molecule has 0 aromatic heterocycles. The number of ether oxygens (including phenoxy) is 3. The number of benzene rings is 1. The van der Waals surface area contributed by atoms with Gasteiger partial charge in [-0.05, 0) is 30.5 Å². The molecule has 0 radical (unpaired) electrons. The van der Waals surface area contributed by atoms with Gasteiger partial charge in [-0.3, -0.25) is 4.79 Å². The molecule has 0 unspecified atom stereocenters. The van der Waals surface area contributed by atoms with Gasteiger partial charge in [0.1, 0.15) is 19.0 Å². The molecule has 24 heavy (non-hydrogen) atoms. The first kappa shape index (κ1) is 20.5. The second kappa shape index (κ2) is 11.1. The van der Waals surface area contributed by atoms with E-state index in [1.165, 1.54) is 18.4 Å². The van der Waals surface area contributed by atoms with Crippen LogP contribution in [0.25, 0.3) is 0 Å². The van der Waals surface area contributed by atoms with Crippen LogP contribution in [0.3, 0.4) is 0 Å².